The van der Waals surface area contributed by atoms with Gasteiger partial charge in [-0.2, -0.15) is 0 Å². The highest BCUT2D eigenvalue weighted by Gasteiger charge is 2.30. The number of rotatable bonds is 4. The van der Waals surface area contributed by atoms with E-state index in [2.05, 4.69) is 70.0 Å². The van der Waals surface area contributed by atoms with Crippen LogP contribution in [0.25, 0.3) is 0 Å². The maximum absolute atomic E-state index is 5.78. The van der Waals surface area contributed by atoms with E-state index in [0.717, 1.165) is 16.8 Å². The number of likely N-dealkylation sites (tertiary alicyclic amines) is 1. The number of benzene rings is 1. The van der Waals surface area contributed by atoms with Gasteiger partial charge in [-0.15, -0.1) is 0 Å². The van der Waals surface area contributed by atoms with Crippen LogP contribution in [0.1, 0.15) is 51.7 Å². The highest BCUT2D eigenvalue weighted by molar-refractivity contribution is 7.80. The monoisotopic (exact) mass is 348 g/mol. The zero-order valence-corrected chi connectivity index (χ0v) is 17.0. The minimum absolute atomic E-state index is 0.419. The molecule has 1 aromatic carbocycles. The van der Waals surface area contributed by atoms with Crippen LogP contribution in [0, 0.1) is 13.8 Å². The summed E-state index contributed by atoms with van der Waals surface area (Å²) in [6.07, 6.45) is 2.45. The summed E-state index contributed by atoms with van der Waals surface area (Å²) in [5, 5.41) is 4.34. The minimum Gasteiger partial charge on any atom is -0.343 e. The number of piperidine rings is 1. The van der Waals surface area contributed by atoms with Gasteiger partial charge in [0.1, 0.15) is 0 Å². The molecule has 24 heavy (non-hydrogen) atoms. The Morgan fingerprint density at radius 3 is 2.25 bits per heavy atom. The van der Waals surface area contributed by atoms with E-state index in [1.165, 1.54) is 37.1 Å². The Morgan fingerprint density at radius 2 is 1.75 bits per heavy atom. The molecule has 1 saturated heterocycles. The highest BCUT2D eigenvalue weighted by atomic mass is 32.1. The zero-order valence-electron chi connectivity index (χ0n) is 16.1. The van der Waals surface area contributed by atoms with E-state index in [4.69, 9.17) is 12.2 Å². The molecule has 0 atom stereocenters. The number of thiocarbonyl (C=S) groups is 1. The molecule has 134 valence electrons. The molecule has 0 spiro atoms. The van der Waals surface area contributed by atoms with Gasteiger partial charge in [-0.25, -0.2) is 0 Å². The quantitative estimate of drug-likeness (QED) is 0.816. The van der Waals surface area contributed by atoms with Crippen molar-refractivity contribution in [1.29, 1.82) is 0 Å². The van der Waals surface area contributed by atoms with Gasteiger partial charge in [0.15, 0.2) is 5.11 Å². The van der Waals surface area contributed by atoms with Crippen molar-refractivity contribution in [2.24, 2.45) is 0 Å². The third kappa shape index (κ3) is 4.70. The summed E-state index contributed by atoms with van der Waals surface area (Å²) in [5.41, 5.74) is 3.71. The molecule has 0 amide bonds. The van der Waals surface area contributed by atoms with E-state index < -0.39 is 0 Å². The van der Waals surface area contributed by atoms with Gasteiger partial charge in [0, 0.05) is 30.6 Å². The second-order valence-corrected chi connectivity index (χ2v) is 8.16. The average molecular weight is 349 g/mol. The van der Waals surface area contributed by atoms with Crippen molar-refractivity contribution in [1.82, 2.24) is 4.90 Å². The molecule has 0 radical (unpaired) electrons. The molecule has 0 aliphatic carbocycles. The first-order valence-electron chi connectivity index (χ1n) is 9.30. The molecule has 4 heteroatoms. The number of nitrogens with zero attached hydrogens (tertiary/aromatic N) is 1. The summed E-state index contributed by atoms with van der Waals surface area (Å²) >= 11 is 5.78. The summed E-state index contributed by atoms with van der Waals surface area (Å²) in [6.45, 7) is 15.9. The Labute approximate surface area is 153 Å². The Kier molecular flexibility index (Phi) is 6.64. The van der Waals surface area contributed by atoms with Gasteiger partial charge in [0.05, 0.1) is 19.1 Å². The van der Waals surface area contributed by atoms with Gasteiger partial charge in [-0.1, -0.05) is 6.07 Å². The fourth-order valence-electron chi connectivity index (χ4n) is 3.66. The maximum Gasteiger partial charge on any atom is 0.173 e. The van der Waals surface area contributed by atoms with Gasteiger partial charge < -0.3 is 15.1 Å². The van der Waals surface area contributed by atoms with Crippen LogP contribution in [0.5, 0.6) is 0 Å². The van der Waals surface area contributed by atoms with Crippen LogP contribution in [-0.4, -0.2) is 41.2 Å². The summed E-state index contributed by atoms with van der Waals surface area (Å²) in [7, 11) is 0. The zero-order chi connectivity index (χ0) is 17.9. The second-order valence-electron chi connectivity index (χ2n) is 7.77. The van der Waals surface area contributed by atoms with Crippen LogP contribution in [-0.2, 0) is 0 Å². The Hall–Kier alpha value is -1.13. The highest BCUT2D eigenvalue weighted by Crippen LogP contribution is 2.19. The summed E-state index contributed by atoms with van der Waals surface area (Å²) in [4.78, 5) is 4.14. The molecule has 0 aromatic heterocycles. The number of quaternary nitrogens is 1. The lowest BCUT2D eigenvalue weighted by molar-refractivity contribution is -0.926. The minimum atomic E-state index is 0.419. The fraction of sp³-hybridized carbons (Fsp3) is 0.650. The third-order valence-electron chi connectivity index (χ3n) is 5.36. The Bertz CT molecular complexity index is 560. The van der Waals surface area contributed by atoms with Crippen LogP contribution in [0.2, 0.25) is 0 Å². The molecule has 1 fully saturated rings. The maximum atomic E-state index is 5.78. The van der Waals surface area contributed by atoms with Gasteiger partial charge in [-0.05, 0) is 77.0 Å². The molecular weight excluding hydrogens is 314 g/mol. The second kappa shape index (κ2) is 8.30. The van der Waals surface area contributed by atoms with Crippen molar-refractivity contribution in [2.75, 3.05) is 18.4 Å². The van der Waals surface area contributed by atoms with E-state index in [-0.39, 0.29) is 0 Å². The Balaban J connectivity index is 2.04. The fourth-order valence-corrected chi connectivity index (χ4v) is 4.14. The molecule has 1 aromatic rings. The molecule has 0 bridgehead atoms. The van der Waals surface area contributed by atoms with Gasteiger partial charge in [-0.3, -0.25) is 0 Å². The Morgan fingerprint density at radius 1 is 1.12 bits per heavy atom. The van der Waals surface area contributed by atoms with Crippen LogP contribution < -0.4 is 10.2 Å². The lowest BCUT2D eigenvalue weighted by Crippen LogP contribution is -3.16. The number of anilines is 1. The summed E-state index contributed by atoms with van der Waals surface area (Å²) in [6, 6.07) is 8.16. The predicted molar refractivity (Wildman–Crippen MR) is 108 cm³/mol. The molecule has 1 heterocycles. The van der Waals surface area contributed by atoms with Gasteiger partial charge in [0.2, 0.25) is 0 Å². The number of aryl methyl sites for hydroxylation is 2. The van der Waals surface area contributed by atoms with Crippen LogP contribution in [0.15, 0.2) is 18.2 Å². The molecule has 0 unspecified atom stereocenters. The normalized spacial score (nSPS) is 21.2. The van der Waals surface area contributed by atoms with Gasteiger partial charge >= 0.3 is 0 Å². The predicted octanol–water partition coefficient (Wildman–Crippen LogP) is 3.17. The van der Waals surface area contributed by atoms with E-state index >= 15 is 0 Å². The molecule has 1 aliphatic rings. The lowest BCUT2D eigenvalue weighted by atomic mass is 10.0. The van der Waals surface area contributed by atoms with E-state index in [0.29, 0.717) is 12.1 Å². The topological polar surface area (TPSA) is 19.7 Å². The van der Waals surface area contributed by atoms with Crippen LogP contribution >= 0.6 is 12.2 Å². The van der Waals surface area contributed by atoms with E-state index in [1.54, 1.807) is 4.90 Å². The van der Waals surface area contributed by atoms with Crippen molar-refractivity contribution >= 4 is 23.0 Å². The smallest absolute Gasteiger partial charge is 0.173 e. The van der Waals surface area contributed by atoms with Crippen molar-refractivity contribution < 1.29 is 4.90 Å². The molecule has 2 rings (SSSR count). The van der Waals surface area contributed by atoms with E-state index in [9.17, 15) is 0 Å². The SMILES string of the molecule is Cc1ccc(NC(=S)N(C(C)C)C2CC[NH+](C(C)C)CC2)cc1C. The molecule has 2 N–H and O–H groups in total. The number of hydrogen-bond acceptors (Lipinski definition) is 1. The molecular formula is C20H34N3S+. The summed E-state index contributed by atoms with van der Waals surface area (Å²) < 4.78 is 0. The number of nitrogens with one attached hydrogen (secondary N) is 2. The first-order chi connectivity index (χ1) is 11.3. The van der Waals surface area contributed by atoms with Crippen LogP contribution in [0.3, 0.4) is 0 Å². The number of hydrogen-bond donors (Lipinski definition) is 2. The summed E-state index contributed by atoms with van der Waals surface area (Å²) in [5.74, 6) is 0. The molecule has 1 aliphatic heterocycles. The van der Waals surface area contributed by atoms with Crippen molar-refractivity contribution in [3.8, 4) is 0 Å². The van der Waals surface area contributed by atoms with Gasteiger partial charge in [0.25, 0.3) is 0 Å². The molecule has 0 saturated carbocycles. The van der Waals surface area contributed by atoms with E-state index in [1.807, 2.05) is 0 Å². The lowest BCUT2D eigenvalue weighted by Gasteiger charge is -2.41. The van der Waals surface area contributed by atoms with Crippen molar-refractivity contribution in [3.05, 3.63) is 29.3 Å². The van der Waals surface area contributed by atoms with Crippen molar-refractivity contribution in [2.45, 2.75) is 72.5 Å². The largest absolute Gasteiger partial charge is 0.343 e. The standard InChI is InChI=1S/C20H33N3S/c1-14(2)22-11-9-19(10-12-22)23(15(3)4)20(24)21-18-8-7-16(5)17(6)13-18/h7-8,13-15,19H,9-12H2,1-6H3,(H,21,24)/p+1. The molecule has 3 nitrogen and oxygen atoms in total. The van der Waals surface area contributed by atoms with Crippen molar-refractivity contribution in [3.63, 3.8) is 0 Å². The van der Waals surface area contributed by atoms with Crippen LogP contribution in [0.4, 0.5) is 5.69 Å². The average Bonchev–Trinajstić information content (AvgIpc) is 2.51. The first-order valence-corrected chi connectivity index (χ1v) is 9.71. The first kappa shape index (κ1) is 19.2. The third-order valence-corrected chi connectivity index (χ3v) is 5.67.